The van der Waals surface area contributed by atoms with E-state index in [1.54, 1.807) is 6.92 Å². The third-order valence-corrected chi connectivity index (χ3v) is 4.81. The minimum absolute atomic E-state index is 0.0365. The molecule has 1 amide bonds. The molecule has 3 rings (SSSR count). The van der Waals surface area contributed by atoms with Crippen molar-refractivity contribution in [2.75, 3.05) is 13.1 Å². The van der Waals surface area contributed by atoms with E-state index >= 15 is 0 Å². The van der Waals surface area contributed by atoms with Crippen molar-refractivity contribution in [1.29, 1.82) is 0 Å². The molecular weight excluding hydrogens is 288 g/mol. The molecule has 122 valence electrons. The average Bonchev–Trinajstić information content (AvgIpc) is 2.74. The molecule has 23 heavy (non-hydrogen) atoms. The maximum atomic E-state index is 12.9. The molecule has 4 heteroatoms. The van der Waals surface area contributed by atoms with Gasteiger partial charge in [-0.25, -0.2) is 0 Å². The van der Waals surface area contributed by atoms with E-state index in [1.165, 1.54) is 12.8 Å². The number of hydrogen-bond donors (Lipinski definition) is 0. The second-order valence-corrected chi connectivity index (χ2v) is 6.44. The summed E-state index contributed by atoms with van der Waals surface area (Å²) in [6.07, 6.45) is 6.43. The Morgan fingerprint density at radius 3 is 2.35 bits per heavy atom. The number of ketones is 1. The van der Waals surface area contributed by atoms with Crippen LogP contribution in [0.2, 0.25) is 0 Å². The van der Waals surface area contributed by atoms with Crippen LogP contribution in [0.1, 0.15) is 55.9 Å². The van der Waals surface area contributed by atoms with E-state index in [9.17, 15) is 9.59 Å². The Labute approximate surface area is 137 Å². The van der Waals surface area contributed by atoms with Gasteiger partial charge in [-0.15, -0.1) is 0 Å². The summed E-state index contributed by atoms with van der Waals surface area (Å²) in [5.74, 6) is 0.192. The number of nitrogens with zero attached hydrogens (tertiary/aromatic N) is 2. The Morgan fingerprint density at radius 2 is 1.70 bits per heavy atom. The standard InChI is InChI=1S/C19H24N2O2/c1-14(19(23)20-11-7-3-4-8-12-20)21-13-17(15(2)22)16-9-5-6-10-18(16)21/h5-6,9-10,13-14H,3-4,7-8,11-12H2,1-2H3/t14-/m1/s1. The highest BCUT2D eigenvalue weighted by Crippen LogP contribution is 2.26. The summed E-state index contributed by atoms with van der Waals surface area (Å²) in [6, 6.07) is 7.53. The summed E-state index contributed by atoms with van der Waals surface area (Å²) in [5.41, 5.74) is 1.64. The Morgan fingerprint density at radius 1 is 1.04 bits per heavy atom. The molecule has 2 heterocycles. The van der Waals surface area contributed by atoms with Crippen LogP contribution in [0.4, 0.5) is 0 Å². The molecule has 0 aliphatic carbocycles. The number of para-hydroxylation sites is 1. The normalized spacial score (nSPS) is 17.0. The van der Waals surface area contributed by atoms with Crippen molar-refractivity contribution >= 4 is 22.6 Å². The van der Waals surface area contributed by atoms with Gasteiger partial charge < -0.3 is 9.47 Å². The van der Waals surface area contributed by atoms with Crippen molar-refractivity contribution in [3.63, 3.8) is 0 Å². The number of aromatic nitrogens is 1. The summed E-state index contributed by atoms with van der Waals surface area (Å²) >= 11 is 0. The van der Waals surface area contributed by atoms with Crippen molar-refractivity contribution in [1.82, 2.24) is 9.47 Å². The van der Waals surface area contributed by atoms with Gasteiger partial charge in [0.15, 0.2) is 5.78 Å². The fraction of sp³-hybridized carbons (Fsp3) is 0.474. The second kappa shape index (κ2) is 6.57. The molecule has 1 aliphatic rings. The second-order valence-electron chi connectivity index (χ2n) is 6.44. The van der Waals surface area contributed by atoms with Crippen LogP contribution in [0.15, 0.2) is 30.5 Å². The van der Waals surface area contributed by atoms with E-state index < -0.39 is 0 Å². The minimum Gasteiger partial charge on any atom is -0.341 e. The fourth-order valence-corrected chi connectivity index (χ4v) is 3.48. The molecule has 2 aromatic rings. The van der Waals surface area contributed by atoms with Crippen LogP contribution < -0.4 is 0 Å². The largest absolute Gasteiger partial charge is 0.341 e. The molecule has 0 spiro atoms. The van der Waals surface area contributed by atoms with Crippen molar-refractivity contribution in [3.8, 4) is 0 Å². The third kappa shape index (κ3) is 3.03. The van der Waals surface area contributed by atoms with Gasteiger partial charge in [0, 0.05) is 35.8 Å². The number of fused-ring (bicyclic) bond motifs is 1. The summed E-state index contributed by atoms with van der Waals surface area (Å²) in [7, 11) is 0. The van der Waals surface area contributed by atoms with E-state index in [2.05, 4.69) is 0 Å². The Kier molecular flexibility index (Phi) is 4.51. The molecule has 0 N–H and O–H groups in total. The van der Waals surface area contributed by atoms with Gasteiger partial charge in [0.25, 0.3) is 0 Å². The van der Waals surface area contributed by atoms with Gasteiger partial charge in [0.1, 0.15) is 6.04 Å². The number of benzene rings is 1. The van der Waals surface area contributed by atoms with Crippen LogP contribution in [0.5, 0.6) is 0 Å². The highest BCUT2D eigenvalue weighted by atomic mass is 16.2. The van der Waals surface area contributed by atoms with E-state index in [0.29, 0.717) is 5.56 Å². The number of hydrogen-bond acceptors (Lipinski definition) is 2. The molecule has 1 aliphatic heterocycles. The molecule has 1 fully saturated rings. The lowest BCUT2D eigenvalue weighted by Crippen LogP contribution is -2.36. The summed E-state index contributed by atoms with van der Waals surface area (Å²) in [5, 5.41) is 0.926. The zero-order valence-corrected chi connectivity index (χ0v) is 13.9. The Balaban J connectivity index is 1.95. The molecule has 1 atom stereocenters. The zero-order valence-electron chi connectivity index (χ0n) is 13.9. The monoisotopic (exact) mass is 312 g/mol. The van der Waals surface area contributed by atoms with E-state index in [0.717, 1.165) is 36.8 Å². The van der Waals surface area contributed by atoms with Gasteiger partial charge in [0.2, 0.25) is 5.91 Å². The summed E-state index contributed by atoms with van der Waals surface area (Å²) < 4.78 is 1.96. The lowest BCUT2D eigenvalue weighted by atomic mass is 10.1. The summed E-state index contributed by atoms with van der Waals surface area (Å²) in [4.78, 5) is 26.8. The average molecular weight is 312 g/mol. The molecular formula is C19H24N2O2. The lowest BCUT2D eigenvalue weighted by Gasteiger charge is -2.25. The molecule has 0 radical (unpaired) electrons. The number of amides is 1. The molecule has 1 aromatic heterocycles. The molecule has 0 bridgehead atoms. The number of carbonyl (C=O) groups excluding carboxylic acids is 2. The predicted octanol–water partition coefficient (Wildman–Crippen LogP) is 3.81. The van der Waals surface area contributed by atoms with Crippen molar-refractivity contribution < 1.29 is 9.59 Å². The minimum atomic E-state index is -0.286. The van der Waals surface area contributed by atoms with Gasteiger partial charge in [0.05, 0.1) is 0 Å². The SMILES string of the molecule is CC(=O)c1cn([C@H](C)C(=O)N2CCCCCC2)c2ccccc12. The number of Topliss-reactive ketones (excluding diaryl/α,β-unsaturated/α-hetero) is 1. The molecule has 0 saturated carbocycles. The number of likely N-dealkylation sites (tertiary alicyclic amines) is 1. The number of carbonyl (C=O) groups is 2. The van der Waals surface area contributed by atoms with Crippen LogP contribution in [0.25, 0.3) is 10.9 Å². The van der Waals surface area contributed by atoms with Crippen molar-refractivity contribution in [3.05, 3.63) is 36.0 Å². The van der Waals surface area contributed by atoms with Crippen LogP contribution in [0, 0.1) is 0 Å². The summed E-state index contributed by atoms with van der Waals surface area (Å²) in [6.45, 7) is 5.21. The van der Waals surface area contributed by atoms with Crippen LogP contribution in [-0.4, -0.2) is 34.2 Å². The number of rotatable bonds is 3. The fourth-order valence-electron chi connectivity index (χ4n) is 3.48. The van der Waals surface area contributed by atoms with Gasteiger partial charge >= 0.3 is 0 Å². The van der Waals surface area contributed by atoms with Crippen LogP contribution in [-0.2, 0) is 4.79 Å². The van der Waals surface area contributed by atoms with Gasteiger partial charge in [-0.2, -0.15) is 0 Å². The van der Waals surface area contributed by atoms with Crippen LogP contribution >= 0.6 is 0 Å². The van der Waals surface area contributed by atoms with E-state index in [4.69, 9.17) is 0 Å². The quantitative estimate of drug-likeness (QED) is 0.809. The molecule has 1 saturated heterocycles. The maximum Gasteiger partial charge on any atom is 0.245 e. The zero-order chi connectivity index (χ0) is 16.4. The highest BCUT2D eigenvalue weighted by molar-refractivity contribution is 6.07. The lowest BCUT2D eigenvalue weighted by molar-refractivity contribution is -0.134. The van der Waals surface area contributed by atoms with E-state index in [-0.39, 0.29) is 17.7 Å². The van der Waals surface area contributed by atoms with E-state index in [1.807, 2.05) is 46.9 Å². The predicted molar refractivity (Wildman–Crippen MR) is 91.7 cm³/mol. The first-order chi connectivity index (χ1) is 11.1. The molecule has 0 unspecified atom stereocenters. The first-order valence-electron chi connectivity index (χ1n) is 8.49. The maximum absolute atomic E-state index is 12.9. The van der Waals surface area contributed by atoms with Crippen molar-refractivity contribution in [2.24, 2.45) is 0 Å². The molecule has 4 nitrogen and oxygen atoms in total. The van der Waals surface area contributed by atoms with Gasteiger partial charge in [-0.1, -0.05) is 31.0 Å². The third-order valence-electron chi connectivity index (χ3n) is 4.81. The Bertz CT molecular complexity index is 724. The first-order valence-corrected chi connectivity index (χ1v) is 8.49. The highest BCUT2D eigenvalue weighted by Gasteiger charge is 2.25. The first kappa shape index (κ1) is 15.8. The van der Waals surface area contributed by atoms with Gasteiger partial charge in [-0.05, 0) is 32.8 Å². The molecule has 1 aromatic carbocycles. The topological polar surface area (TPSA) is 42.3 Å². The van der Waals surface area contributed by atoms with Crippen LogP contribution in [0.3, 0.4) is 0 Å². The van der Waals surface area contributed by atoms with Gasteiger partial charge in [-0.3, -0.25) is 9.59 Å². The Hall–Kier alpha value is -2.10. The smallest absolute Gasteiger partial charge is 0.245 e. The van der Waals surface area contributed by atoms with Crippen molar-refractivity contribution in [2.45, 2.75) is 45.6 Å².